The molecule has 0 atom stereocenters. The zero-order chi connectivity index (χ0) is 16.2. The highest BCUT2D eigenvalue weighted by molar-refractivity contribution is 5.67. The summed E-state index contributed by atoms with van der Waals surface area (Å²) in [4.78, 5) is 4.97. The number of benzene rings is 2. The Morgan fingerprint density at radius 1 is 0.625 bits per heavy atom. The highest BCUT2D eigenvalue weighted by Gasteiger charge is 2.18. The van der Waals surface area contributed by atoms with Gasteiger partial charge in [-0.25, -0.2) is 4.98 Å². The number of aromatic nitrogens is 1. The molecule has 0 spiro atoms. The summed E-state index contributed by atoms with van der Waals surface area (Å²) < 4.78 is 0. The van der Waals surface area contributed by atoms with Crippen molar-refractivity contribution < 1.29 is 0 Å². The Labute approximate surface area is 144 Å². The molecule has 1 saturated carbocycles. The van der Waals surface area contributed by atoms with Crippen molar-refractivity contribution in [2.24, 2.45) is 0 Å². The third-order valence-electron chi connectivity index (χ3n) is 5.06. The van der Waals surface area contributed by atoms with Crippen LogP contribution >= 0.6 is 0 Å². The summed E-state index contributed by atoms with van der Waals surface area (Å²) in [5.74, 6) is 0.687. The number of nitrogens with zero attached hydrogens (tertiary/aromatic N) is 1. The van der Waals surface area contributed by atoms with E-state index in [0.717, 1.165) is 11.4 Å². The molecule has 1 aliphatic rings. The summed E-state index contributed by atoms with van der Waals surface area (Å²) >= 11 is 0. The Morgan fingerprint density at radius 2 is 1.12 bits per heavy atom. The topological polar surface area (TPSA) is 12.9 Å². The van der Waals surface area contributed by atoms with E-state index in [1.807, 2.05) is 0 Å². The third-order valence-corrected chi connectivity index (χ3v) is 5.06. The SMILES string of the molecule is c1ccc(-c2cc(C3CCCCC3)cc(-c3ccccc3)n2)cc1. The first-order valence-corrected chi connectivity index (χ1v) is 9.03. The van der Waals surface area contributed by atoms with Crippen molar-refractivity contribution in [1.29, 1.82) is 0 Å². The second-order valence-electron chi connectivity index (χ2n) is 6.74. The van der Waals surface area contributed by atoms with Crippen LogP contribution in [0.25, 0.3) is 22.5 Å². The minimum Gasteiger partial charge on any atom is -0.248 e. The number of hydrogen-bond acceptors (Lipinski definition) is 1. The Balaban J connectivity index is 1.81. The standard InChI is InChI=1S/C23H23N/c1-4-10-18(11-5-1)21-16-22(19-12-6-2-7-13-19)24-23(17-21)20-14-8-3-9-15-20/h2-3,6-9,12-18H,1,4-5,10-11H2. The van der Waals surface area contributed by atoms with Crippen LogP contribution in [-0.4, -0.2) is 4.98 Å². The Morgan fingerprint density at radius 3 is 1.62 bits per heavy atom. The second-order valence-corrected chi connectivity index (χ2v) is 6.74. The monoisotopic (exact) mass is 313 g/mol. The fourth-order valence-electron chi connectivity index (χ4n) is 3.74. The summed E-state index contributed by atoms with van der Waals surface area (Å²) in [5.41, 5.74) is 6.05. The van der Waals surface area contributed by atoms with Crippen LogP contribution in [0.5, 0.6) is 0 Å². The van der Waals surface area contributed by atoms with Gasteiger partial charge in [0.1, 0.15) is 0 Å². The molecule has 1 aliphatic carbocycles. The molecule has 1 nitrogen and oxygen atoms in total. The molecule has 0 aliphatic heterocycles. The van der Waals surface area contributed by atoms with Gasteiger partial charge >= 0.3 is 0 Å². The van der Waals surface area contributed by atoms with E-state index in [4.69, 9.17) is 4.98 Å². The smallest absolute Gasteiger partial charge is 0.0712 e. The first kappa shape index (κ1) is 15.1. The van der Waals surface area contributed by atoms with Gasteiger partial charge in [0, 0.05) is 11.1 Å². The predicted molar refractivity (Wildman–Crippen MR) is 101 cm³/mol. The lowest BCUT2D eigenvalue weighted by molar-refractivity contribution is 0.443. The molecule has 24 heavy (non-hydrogen) atoms. The highest BCUT2D eigenvalue weighted by Crippen LogP contribution is 2.36. The third kappa shape index (κ3) is 3.26. The van der Waals surface area contributed by atoms with Gasteiger partial charge in [-0.1, -0.05) is 79.9 Å². The number of pyridine rings is 1. The lowest BCUT2D eigenvalue weighted by atomic mass is 9.83. The minimum absolute atomic E-state index is 0.687. The molecule has 1 heteroatoms. The van der Waals surface area contributed by atoms with Crippen molar-refractivity contribution >= 4 is 0 Å². The van der Waals surface area contributed by atoms with Crippen molar-refractivity contribution in [2.45, 2.75) is 38.0 Å². The van der Waals surface area contributed by atoms with Crippen LogP contribution in [0.4, 0.5) is 0 Å². The van der Waals surface area contributed by atoms with E-state index in [9.17, 15) is 0 Å². The van der Waals surface area contributed by atoms with E-state index >= 15 is 0 Å². The molecule has 1 heterocycles. The van der Waals surface area contributed by atoms with Crippen LogP contribution < -0.4 is 0 Å². The molecule has 2 aromatic carbocycles. The highest BCUT2D eigenvalue weighted by atomic mass is 14.7. The molecule has 0 N–H and O–H groups in total. The van der Waals surface area contributed by atoms with Gasteiger partial charge in [-0.05, 0) is 36.5 Å². The van der Waals surface area contributed by atoms with Crippen LogP contribution in [0.3, 0.4) is 0 Å². The van der Waals surface area contributed by atoms with E-state index in [1.165, 1.54) is 48.8 Å². The molecule has 0 unspecified atom stereocenters. The summed E-state index contributed by atoms with van der Waals surface area (Å²) in [6.45, 7) is 0. The zero-order valence-electron chi connectivity index (χ0n) is 14.0. The quantitative estimate of drug-likeness (QED) is 0.540. The molecule has 120 valence electrons. The molecule has 0 radical (unpaired) electrons. The predicted octanol–water partition coefficient (Wildman–Crippen LogP) is 6.46. The average Bonchev–Trinajstić information content (AvgIpc) is 2.70. The van der Waals surface area contributed by atoms with Crippen LogP contribution in [0.15, 0.2) is 72.8 Å². The molecule has 4 rings (SSSR count). The first-order chi connectivity index (χ1) is 11.9. The molecule has 3 aromatic rings. The van der Waals surface area contributed by atoms with Crippen LogP contribution in [0, 0.1) is 0 Å². The lowest BCUT2D eigenvalue weighted by Gasteiger charge is -2.23. The molecule has 0 saturated heterocycles. The van der Waals surface area contributed by atoms with E-state index in [2.05, 4.69) is 72.8 Å². The van der Waals surface area contributed by atoms with Crippen LogP contribution in [0.2, 0.25) is 0 Å². The van der Waals surface area contributed by atoms with Gasteiger partial charge in [0.15, 0.2) is 0 Å². The van der Waals surface area contributed by atoms with Crippen molar-refractivity contribution in [2.75, 3.05) is 0 Å². The molecular weight excluding hydrogens is 290 g/mol. The summed E-state index contributed by atoms with van der Waals surface area (Å²) in [5, 5.41) is 0. The van der Waals surface area contributed by atoms with Gasteiger partial charge in [-0.3, -0.25) is 0 Å². The Hall–Kier alpha value is -2.41. The fourth-order valence-corrected chi connectivity index (χ4v) is 3.74. The Bertz CT molecular complexity index is 729. The maximum Gasteiger partial charge on any atom is 0.0712 e. The van der Waals surface area contributed by atoms with E-state index in [-0.39, 0.29) is 0 Å². The molecular formula is C23H23N. The number of hydrogen-bond donors (Lipinski definition) is 0. The Kier molecular flexibility index (Phi) is 4.42. The normalized spacial score (nSPS) is 15.3. The largest absolute Gasteiger partial charge is 0.248 e. The van der Waals surface area contributed by atoms with Crippen LogP contribution in [-0.2, 0) is 0 Å². The maximum absolute atomic E-state index is 4.97. The molecule has 1 aromatic heterocycles. The zero-order valence-corrected chi connectivity index (χ0v) is 14.0. The van der Waals surface area contributed by atoms with E-state index in [0.29, 0.717) is 5.92 Å². The summed E-state index contributed by atoms with van der Waals surface area (Å²) in [6.07, 6.45) is 6.72. The van der Waals surface area contributed by atoms with E-state index < -0.39 is 0 Å². The van der Waals surface area contributed by atoms with Crippen molar-refractivity contribution in [1.82, 2.24) is 4.98 Å². The summed E-state index contributed by atoms with van der Waals surface area (Å²) in [6, 6.07) is 25.7. The lowest BCUT2D eigenvalue weighted by Crippen LogP contribution is -2.05. The molecule has 0 bridgehead atoms. The first-order valence-electron chi connectivity index (χ1n) is 9.03. The van der Waals surface area contributed by atoms with Gasteiger partial charge in [0.25, 0.3) is 0 Å². The van der Waals surface area contributed by atoms with Gasteiger partial charge < -0.3 is 0 Å². The van der Waals surface area contributed by atoms with Gasteiger partial charge in [-0.2, -0.15) is 0 Å². The van der Waals surface area contributed by atoms with Crippen LogP contribution in [0.1, 0.15) is 43.6 Å². The van der Waals surface area contributed by atoms with Crippen molar-refractivity contribution in [3.8, 4) is 22.5 Å². The molecule has 1 fully saturated rings. The van der Waals surface area contributed by atoms with Crippen molar-refractivity contribution in [3.63, 3.8) is 0 Å². The molecule has 0 amide bonds. The average molecular weight is 313 g/mol. The van der Waals surface area contributed by atoms with Gasteiger partial charge in [0.2, 0.25) is 0 Å². The second kappa shape index (κ2) is 7.00. The number of rotatable bonds is 3. The van der Waals surface area contributed by atoms with Crippen molar-refractivity contribution in [3.05, 3.63) is 78.4 Å². The van der Waals surface area contributed by atoms with Gasteiger partial charge in [0.05, 0.1) is 11.4 Å². The fraction of sp³-hybridized carbons (Fsp3) is 0.261. The van der Waals surface area contributed by atoms with E-state index in [1.54, 1.807) is 0 Å². The summed E-state index contributed by atoms with van der Waals surface area (Å²) in [7, 11) is 0. The maximum atomic E-state index is 4.97. The van der Waals surface area contributed by atoms with Gasteiger partial charge in [-0.15, -0.1) is 0 Å². The minimum atomic E-state index is 0.687.